The van der Waals surface area contributed by atoms with E-state index in [0.717, 1.165) is 22.4 Å². The number of fused-ring (bicyclic) bond motifs is 1. The Morgan fingerprint density at radius 2 is 1.93 bits per heavy atom. The first-order chi connectivity index (χ1) is 12.9. The van der Waals surface area contributed by atoms with Gasteiger partial charge in [0, 0.05) is 11.3 Å². The van der Waals surface area contributed by atoms with Crippen LogP contribution in [0.15, 0.2) is 35.1 Å². The van der Waals surface area contributed by atoms with E-state index in [1.165, 1.54) is 15.9 Å². The topological polar surface area (TPSA) is 72.2 Å². The van der Waals surface area contributed by atoms with Crippen LogP contribution < -0.4 is 5.56 Å². The second-order valence-corrected chi connectivity index (χ2v) is 7.84. The number of nitrogens with zero attached hydrogens (tertiary/aromatic N) is 2. The maximum Gasteiger partial charge on any atom is 0.326 e. The zero-order valence-electron chi connectivity index (χ0n) is 15.9. The molecule has 1 aromatic carbocycles. The van der Waals surface area contributed by atoms with Gasteiger partial charge in [-0.15, -0.1) is 11.3 Å². The smallest absolute Gasteiger partial charge is 0.326 e. The summed E-state index contributed by atoms with van der Waals surface area (Å²) in [5, 5.41) is 10.4. The highest BCUT2D eigenvalue weighted by atomic mass is 32.1. The molecule has 0 saturated carbocycles. The van der Waals surface area contributed by atoms with Crippen molar-refractivity contribution in [3.05, 3.63) is 62.5 Å². The third-order valence-electron chi connectivity index (χ3n) is 4.81. The summed E-state index contributed by atoms with van der Waals surface area (Å²) in [6, 6.07) is 8.97. The van der Waals surface area contributed by atoms with E-state index in [0.29, 0.717) is 35.3 Å². The van der Waals surface area contributed by atoms with Gasteiger partial charge in [0.25, 0.3) is 5.56 Å². The Morgan fingerprint density at radius 3 is 2.52 bits per heavy atom. The minimum Gasteiger partial charge on any atom is -0.480 e. The maximum absolute atomic E-state index is 13.1. The molecular formula is C21H24N2O3S. The number of hydrogen-bond acceptors (Lipinski definition) is 4. The Bertz CT molecular complexity index is 1020. The summed E-state index contributed by atoms with van der Waals surface area (Å²) < 4.78 is 1.39. The van der Waals surface area contributed by atoms with Gasteiger partial charge in [0.2, 0.25) is 0 Å². The highest BCUT2D eigenvalue weighted by molar-refractivity contribution is 7.18. The van der Waals surface area contributed by atoms with E-state index in [4.69, 9.17) is 0 Å². The molecule has 6 heteroatoms. The van der Waals surface area contributed by atoms with Crippen molar-refractivity contribution < 1.29 is 9.90 Å². The molecule has 3 rings (SSSR count). The van der Waals surface area contributed by atoms with E-state index in [1.807, 2.05) is 51.1 Å². The van der Waals surface area contributed by atoms with Crippen molar-refractivity contribution >= 4 is 27.5 Å². The molecular weight excluding hydrogens is 360 g/mol. The number of carboxylic acid groups (broad SMARTS) is 1. The number of benzene rings is 1. The van der Waals surface area contributed by atoms with E-state index >= 15 is 0 Å². The first-order valence-corrected chi connectivity index (χ1v) is 10.1. The monoisotopic (exact) mass is 384 g/mol. The van der Waals surface area contributed by atoms with Crippen molar-refractivity contribution in [3.8, 4) is 0 Å². The minimum atomic E-state index is -0.994. The van der Waals surface area contributed by atoms with Gasteiger partial charge >= 0.3 is 5.97 Å². The van der Waals surface area contributed by atoms with E-state index < -0.39 is 12.0 Å². The van der Waals surface area contributed by atoms with Crippen LogP contribution in [0.2, 0.25) is 0 Å². The average molecular weight is 385 g/mol. The van der Waals surface area contributed by atoms with Gasteiger partial charge in [0.05, 0.1) is 5.39 Å². The van der Waals surface area contributed by atoms with Crippen molar-refractivity contribution in [2.75, 3.05) is 0 Å². The Kier molecular flexibility index (Phi) is 5.75. The fourth-order valence-electron chi connectivity index (χ4n) is 3.25. The summed E-state index contributed by atoms with van der Waals surface area (Å²) in [6.07, 6.45) is 2.29. The molecule has 3 aromatic rings. The Morgan fingerprint density at radius 1 is 1.22 bits per heavy atom. The zero-order chi connectivity index (χ0) is 19.6. The molecule has 0 radical (unpaired) electrons. The first-order valence-electron chi connectivity index (χ1n) is 9.26. The lowest BCUT2D eigenvalue weighted by Crippen LogP contribution is -2.33. The second kappa shape index (κ2) is 8.05. The molecule has 0 bridgehead atoms. The quantitative estimate of drug-likeness (QED) is 0.664. The molecule has 0 aliphatic heterocycles. The van der Waals surface area contributed by atoms with Gasteiger partial charge in [-0.25, -0.2) is 9.78 Å². The van der Waals surface area contributed by atoms with Gasteiger partial charge < -0.3 is 5.11 Å². The molecule has 27 heavy (non-hydrogen) atoms. The lowest BCUT2D eigenvalue weighted by atomic mass is 10.0. The van der Waals surface area contributed by atoms with Crippen LogP contribution in [0.25, 0.3) is 10.2 Å². The molecule has 2 heterocycles. The van der Waals surface area contributed by atoms with Gasteiger partial charge in [0.1, 0.15) is 16.7 Å². The fourth-order valence-corrected chi connectivity index (χ4v) is 4.23. The van der Waals surface area contributed by atoms with E-state index in [1.54, 1.807) is 0 Å². The summed E-state index contributed by atoms with van der Waals surface area (Å²) in [7, 11) is 0. The van der Waals surface area contributed by atoms with Crippen molar-refractivity contribution in [2.45, 2.75) is 52.5 Å². The van der Waals surface area contributed by atoms with Crippen molar-refractivity contribution in [1.82, 2.24) is 9.55 Å². The highest BCUT2D eigenvalue weighted by Gasteiger charge is 2.25. The van der Waals surface area contributed by atoms with Gasteiger partial charge in [-0.05, 0) is 37.8 Å². The lowest BCUT2D eigenvalue weighted by Gasteiger charge is -2.19. The molecule has 1 atom stereocenters. The van der Waals surface area contributed by atoms with Crippen LogP contribution in [0, 0.1) is 6.92 Å². The number of rotatable bonds is 7. The summed E-state index contributed by atoms with van der Waals surface area (Å²) in [4.78, 5) is 31.5. The van der Waals surface area contributed by atoms with Gasteiger partial charge in [0.15, 0.2) is 0 Å². The highest BCUT2D eigenvalue weighted by Crippen LogP contribution is 2.24. The number of thiophene rings is 1. The standard InChI is InChI=1S/C21H24N2O3S/c1-4-15-12-16-19(27-15)22-18(5-2)23(20(16)24)17(21(25)26)11-10-14-8-6-13(3)7-9-14/h6-9,12,17H,4-5,10-11H2,1-3H3,(H,25,26). The van der Waals surface area contributed by atoms with E-state index in [-0.39, 0.29) is 5.56 Å². The summed E-state index contributed by atoms with van der Waals surface area (Å²) in [5.41, 5.74) is 1.98. The Labute approximate surface area is 162 Å². The number of aromatic nitrogens is 2. The summed E-state index contributed by atoms with van der Waals surface area (Å²) >= 11 is 1.51. The van der Waals surface area contributed by atoms with Crippen LogP contribution in [0.3, 0.4) is 0 Å². The molecule has 0 fully saturated rings. The molecule has 5 nitrogen and oxygen atoms in total. The number of carbonyl (C=O) groups is 1. The summed E-state index contributed by atoms with van der Waals surface area (Å²) in [6.45, 7) is 5.95. The molecule has 0 spiro atoms. The average Bonchev–Trinajstić information content (AvgIpc) is 3.08. The third-order valence-corrected chi connectivity index (χ3v) is 5.98. The van der Waals surface area contributed by atoms with E-state index in [2.05, 4.69) is 4.98 Å². The normalized spacial score (nSPS) is 12.4. The molecule has 2 aromatic heterocycles. The molecule has 0 aliphatic carbocycles. The predicted molar refractivity (Wildman–Crippen MR) is 109 cm³/mol. The molecule has 1 N–H and O–H groups in total. The van der Waals surface area contributed by atoms with Crippen molar-refractivity contribution in [2.24, 2.45) is 0 Å². The first kappa shape index (κ1) is 19.3. The minimum absolute atomic E-state index is 0.246. The lowest BCUT2D eigenvalue weighted by molar-refractivity contribution is -0.141. The second-order valence-electron chi connectivity index (χ2n) is 6.72. The number of hydrogen-bond donors (Lipinski definition) is 1. The fraction of sp³-hybridized carbons (Fsp3) is 0.381. The molecule has 0 amide bonds. The molecule has 1 unspecified atom stereocenters. The number of aryl methyl sites for hydroxylation is 4. The largest absolute Gasteiger partial charge is 0.480 e. The van der Waals surface area contributed by atoms with Crippen LogP contribution in [-0.2, 0) is 24.1 Å². The van der Waals surface area contributed by atoms with Crippen LogP contribution in [0.4, 0.5) is 0 Å². The predicted octanol–water partition coefficient (Wildman–Crippen LogP) is 4.15. The van der Waals surface area contributed by atoms with Crippen LogP contribution in [0.1, 0.15) is 48.1 Å². The Hall–Kier alpha value is -2.47. The third kappa shape index (κ3) is 3.95. The van der Waals surface area contributed by atoms with Gasteiger partial charge in [-0.1, -0.05) is 43.7 Å². The molecule has 0 aliphatic rings. The van der Waals surface area contributed by atoms with Crippen LogP contribution in [0.5, 0.6) is 0 Å². The van der Waals surface area contributed by atoms with Gasteiger partial charge in [-0.2, -0.15) is 0 Å². The van der Waals surface area contributed by atoms with E-state index in [9.17, 15) is 14.7 Å². The number of carboxylic acids is 1. The van der Waals surface area contributed by atoms with Gasteiger partial charge in [-0.3, -0.25) is 9.36 Å². The SMILES string of the molecule is CCc1cc2c(=O)n(C(CCc3ccc(C)cc3)C(=O)O)c(CC)nc2s1. The maximum atomic E-state index is 13.1. The Balaban J connectivity index is 2.02. The van der Waals surface area contributed by atoms with Crippen LogP contribution >= 0.6 is 11.3 Å². The molecule has 142 valence electrons. The summed E-state index contributed by atoms with van der Waals surface area (Å²) in [5.74, 6) is -0.459. The zero-order valence-corrected chi connectivity index (χ0v) is 16.7. The van der Waals surface area contributed by atoms with Crippen LogP contribution in [-0.4, -0.2) is 20.6 Å². The molecule has 0 saturated heterocycles. The number of aliphatic carboxylic acids is 1. The van der Waals surface area contributed by atoms with Crippen molar-refractivity contribution in [1.29, 1.82) is 0 Å². The van der Waals surface area contributed by atoms with Crippen molar-refractivity contribution in [3.63, 3.8) is 0 Å².